The van der Waals surface area contributed by atoms with Gasteiger partial charge in [-0.2, -0.15) is 0 Å². The van der Waals surface area contributed by atoms with E-state index >= 15 is 0 Å². The largest absolute Gasteiger partial charge is 0.497 e. The zero-order valence-corrected chi connectivity index (χ0v) is 21.3. The monoisotopic (exact) mass is 491 g/mol. The van der Waals surface area contributed by atoms with Crippen molar-refractivity contribution >= 4 is 45.8 Å². The number of aromatic nitrogens is 3. The molecule has 0 aliphatic heterocycles. The van der Waals surface area contributed by atoms with Crippen LogP contribution >= 0.6 is 11.8 Å². The molecule has 0 saturated heterocycles. The van der Waals surface area contributed by atoms with E-state index in [0.29, 0.717) is 10.8 Å². The smallest absolute Gasteiger partial charge is 0.243 e. The lowest BCUT2D eigenvalue weighted by Crippen LogP contribution is -2.39. The van der Waals surface area contributed by atoms with Crippen LogP contribution in [0.5, 0.6) is 5.75 Å². The second kappa shape index (κ2) is 10.4. The molecule has 2 heterocycles. The zero-order valence-electron chi connectivity index (χ0n) is 20.5. The third-order valence-electron chi connectivity index (χ3n) is 5.93. The first-order valence-electron chi connectivity index (χ1n) is 11.4. The Kier molecular flexibility index (Phi) is 7.25. The van der Waals surface area contributed by atoms with Crippen molar-refractivity contribution < 1.29 is 14.3 Å². The van der Waals surface area contributed by atoms with Gasteiger partial charge in [0.05, 0.1) is 24.4 Å². The number of rotatable bonds is 8. The Bertz CT molecular complexity index is 1400. The van der Waals surface area contributed by atoms with Crippen LogP contribution in [0, 0.1) is 6.92 Å². The minimum atomic E-state index is -0.468. The van der Waals surface area contributed by atoms with Gasteiger partial charge in [0, 0.05) is 24.2 Å². The van der Waals surface area contributed by atoms with Gasteiger partial charge >= 0.3 is 0 Å². The lowest BCUT2D eigenvalue weighted by Gasteiger charge is -2.21. The Morgan fingerprint density at radius 2 is 1.94 bits per heavy atom. The molecule has 0 aliphatic carbocycles. The second-order valence-electron chi connectivity index (χ2n) is 8.40. The second-order valence-corrected chi connectivity index (χ2v) is 9.71. The van der Waals surface area contributed by atoms with Crippen LogP contribution < -0.4 is 10.1 Å². The average molecular weight is 492 g/mol. The highest BCUT2D eigenvalue weighted by Crippen LogP contribution is 2.30. The van der Waals surface area contributed by atoms with E-state index in [1.807, 2.05) is 73.7 Å². The van der Waals surface area contributed by atoms with Crippen LogP contribution in [0.2, 0.25) is 0 Å². The van der Waals surface area contributed by atoms with Crippen LogP contribution in [0.15, 0.2) is 53.7 Å². The Balaban J connectivity index is 1.50. The number of nitrogens with zero attached hydrogens (tertiary/aromatic N) is 4. The maximum absolute atomic E-state index is 13.1. The Morgan fingerprint density at radius 1 is 1.17 bits per heavy atom. The van der Waals surface area contributed by atoms with E-state index in [1.165, 1.54) is 16.7 Å². The Hall–Kier alpha value is -3.59. The van der Waals surface area contributed by atoms with Crippen LogP contribution in [0.3, 0.4) is 0 Å². The fraction of sp³-hybridized carbons (Fsp3) is 0.308. The third kappa shape index (κ3) is 5.09. The number of ether oxygens (including phenoxy) is 1. The van der Waals surface area contributed by atoms with Gasteiger partial charge in [0.15, 0.2) is 10.8 Å². The van der Waals surface area contributed by atoms with Gasteiger partial charge in [-0.3, -0.25) is 14.0 Å². The average Bonchev–Trinajstić information content (AvgIpc) is 3.25. The predicted molar refractivity (Wildman–Crippen MR) is 139 cm³/mol. The molecule has 4 rings (SSSR count). The summed E-state index contributed by atoms with van der Waals surface area (Å²) in [4.78, 5) is 27.1. The summed E-state index contributed by atoms with van der Waals surface area (Å²) in [5.41, 5.74) is 4.52. The summed E-state index contributed by atoms with van der Waals surface area (Å²) in [5, 5.41) is 12.8. The van der Waals surface area contributed by atoms with Crippen LogP contribution in [0.4, 0.5) is 5.69 Å². The summed E-state index contributed by atoms with van der Waals surface area (Å²) in [5.74, 6) is 0.327. The zero-order chi connectivity index (χ0) is 25.1. The number of amides is 2. The molecule has 0 bridgehead atoms. The number of hydrogen-bond acceptors (Lipinski definition) is 6. The van der Waals surface area contributed by atoms with Crippen molar-refractivity contribution in [3.8, 4) is 5.75 Å². The van der Waals surface area contributed by atoms with Gasteiger partial charge in [-0.1, -0.05) is 36.9 Å². The summed E-state index contributed by atoms with van der Waals surface area (Å²) in [6.45, 7) is 5.84. The number of anilines is 1. The first kappa shape index (κ1) is 24.5. The predicted octanol–water partition coefficient (Wildman–Crippen LogP) is 4.34. The standard InChI is InChI=1S/C26H29N5O3S/c1-6-18-9-7-8-10-21(18)27-24(32)15-30(4)25(33)17(3)35-26-29-28-23-13-16(2)20-12-11-19(34-5)14-22(20)31(23)26/h7-14,17H,6,15H2,1-5H3,(H,27,32). The normalized spacial score (nSPS) is 12.0. The van der Waals surface area contributed by atoms with Crippen molar-refractivity contribution in [3.05, 3.63) is 59.7 Å². The summed E-state index contributed by atoms with van der Waals surface area (Å²) in [6.07, 6.45) is 0.811. The minimum absolute atomic E-state index is 0.0400. The number of methoxy groups -OCH3 is 1. The highest BCUT2D eigenvalue weighted by atomic mass is 32.2. The van der Waals surface area contributed by atoms with Crippen molar-refractivity contribution in [1.29, 1.82) is 0 Å². The van der Waals surface area contributed by atoms with Gasteiger partial charge in [-0.15, -0.1) is 10.2 Å². The van der Waals surface area contributed by atoms with Crippen molar-refractivity contribution in [2.45, 2.75) is 37.6 Å². The number of benzene rings is 2. The van der Waals surface area contributed by atoms with Gasteiger partial charge < -0.3 is 15.0 Å². The molecule has 2 amide bonds. The van der Waals surface area contributed by atoms with E-state index in [-0.39, 0.29) is 18.4 Å². The molecular formula is C26H29N5O3S. The Labute approximate surface area is 208 Å². The molecule has 0 radical (unpaired) electrons. The van der Waals surface area contributed by atoms with Crippen LogP contribution in [0.25, 0.3) is 16.6 Å². The van der Waals surface area contributed by atoms with E-state index in [9.17, 15) is 9.59 Å². The molecule has 0 aliphatic rings. The number of para-hydroxylation sites is 1. The molecule has 9 heteroatoms. The summed E-state index contributed by atoms with van der Waals surface area (Å²) >= 11 is 1.31. The molecule has 8 nitrogen and oxygen atoms in total. The number of carbonyl (C=O) groups excluding carboxylic acids is 2. The van der Waals surface area contributed by atoms with E-state index < -0.39 is 5.25 Å². The first-order chi connectivity index (χ1) is 16.8. The lowest BCUT2D eigenvalue weighted by atomic mass is 10.1. The van der Waals surface area contributed by atoms with Gasteiger partial charge in [-0.05, 0) is 55.7 Å². The molecule has 0 fully saturated rings. The molecule has 1 unspecified atom stereocenters. The third-order valence-corrected chi connectivity index (χ3v) is 6.96. The maximum Gasteiger partial charge on any atom is 0.243 e. The van der Waals surface area contributed by atoms with E-state index in [0.717, 1.165) is 39.9 Å². The van der Waals surface area contributed by atoms with E-state index in [4.69, 9.17) is 4.74 Å². The SMILES string of the molecule is CCc1ccccc1NC(=O)CN(C)C(=O)C(C)Sc1nnc2cc(C)c3ccc(OC)cc3n12. The number of carbonyl (C=O) groups is 2. The summed E-state index contributed by atoms with van der Waals surface area (Å²) in [6, 6.07) is 15.5. The van der Waals surface area contributed by atoms with Crippen LogP contribution in [-0.4, -0.2) is 57.3 Å². The minimum Gasteiger partial charge on any atom is -0.497 e. The van der Waals surface area contributed by atoms with Crippen molar-refractivity contribution in [2.75, 3.05) is 26.0 Å². The van der Waals surface area contributed by atoms with E-state index in [1.54, 1.807) is 14.2 Å². The number of fused-ring (bicyclic) bond motifs is 3. The number of hydrogen-bond donors (Lipinski definition) is 1. The van der Waals surface area contributed by atoms with Crippen molar-refractivity contribution in [3.63, 3.8) is 0 Å². The molecule has 0 saturated carbocycles. The molecule has 2 aromatic heterocycles. The quantitative estimate of drug-likeness (QED) is 0.369. The number of aryl methyl sites for hydroxylation is 2. The lowest BCUT2D eigenvalue weighted by molar-refractivity contribution is -0.132. The molecule has 1 N–H and O–H groups in total. The van der Waals surface area contributed by atoms with Crippen molar-refractivity contribution in [2.24, 2.45) is 0 Å². The number of likely N-dealkylation sites (N-methyl/N-ethyl adjacent to an activating group) is 1. The highest BCUT2D eigenvalue weighted by molar-refractivity contribution is 8.00. The van der Waals surface area contributed by atoms with Gasteiger partial charge in [0.2, 0.25) is 11.8 Å². The molecule has 1 atom stereocenters. The molecule has 4 aromatic rings. The maximum atomic E-state index is 13.1. The number of nitrogens with one attached hydrogen (secondary N) is 1. The fourth-order valence-corrected chi connectivity index (χ4v) is 5.04. The van der Waals surface area contributed by atoms with Crippen LogP contribution in [-0.2, 0) is 16.0 Å². The first-order valence-corrected chi connectivity index (χ1v) is 12.3. The topological polar surface area (TPSA) is 88.8 Å². The van der Waals surface area contributed by atoms with E-state index in [2.05, 4.69) is 15.5 Å². The molecule has 35 heavy (non-hydrogen) atoms. The van der Waals surface area contributed by atoms with Crippen LogP contribution in [0.1, 0.15) is 25.0 Å². The molecular weight excluding hydrogens is 462 g/mol. The number of thioether (sulfide) groups is 1. The molecule has 0 spiro atoms. The summed E-state index contributed by atoms with van der Waals surface area (Å²) < 4.78 is 7.35. The number of pyridine rings is 1. The van der Waals surface area contributed by atoms with Gasteiger partial charge in [0.25, 0.3) is 0 Å². The molecule has 182 valence electrons. The van der Waals surface area contributed by atoms with Crippen molar-refractivity contribution in [1.82, 2.24) is 19.5 Å². The molecule has 2 aromatic carbocycles. The van der Waals surface area contributed by atoms with Gasteiger partial charge in [-0.25, -0.2) is 0 Å². The summed E-state index contributed by atoms with van der Waals surface area (Å²) in [7, 11) is 3.26. The Morgan fingerprint density at radius 3 is 2.69 bits per heavy atom. The highest BCUT2D eigenvalue weighted by Gasteiger charge is 2.24. The fourth-order valence-electron chi connectivity index (χ4n) is 4.06. The van der Waals surface area contributed by atoms with Gasteiger partial charge in [0.1, 0.15) is 5.75 Å².